The molecule has 1 aromatic carbocycles. The number of aryl methyl sites for hydroxylation is 2. The van der Waals surface area contributed by atoms with E-state index in [1.54, 1.807) is 6.20 Å². The van der Waals surface area contributed by atoms with Crippen molar-refractivity contribution in [3.8, 4) is 11.5 Å². The maximum Gasteiger partial charge on any atom is 0.168 e. The molecule has 18 heavy (non-hydrogen) atoms. The van der Waals surface area contributed by atoms with Crippen LogP contribution < -0.4 is 10.5 Å². The normalized spacial score (nSPS) is 10.6. The highest BCUT2D eigenvalue weighted by Gasteiger charge is 2.08. The summed E-state index contributed by atoms with van der Waals surface area (Å²) in [5.74, 6) is 1.65. The standard InChI is InChI=1S/C14H19N3O/c1-11-5-3-6-13(9-11)18-14-10-16-17(12(14)2)8-4-7-15/h3,5-6,9-10H,4,7-8,15H2,1-2H3. The fraction of sp³-hybridized carbons (Fsp3) is 0.357. The zero-order valence-corrected chi connectivity index (χ0v) is 10.9. The number of benzene rings is 1. The van der Waals surface area contributed by atoms with Gasteiger partial charge >= 0.3 is 0 Å². The lowest BCUT2D eigenvalue weighted by molar-refractivity contribution is 0.474. The summed E-state index contributed by atoms with van der Waals surface area (Å²) in [5, 5.41) is 4.31. The first-order chi connectivity index (χ1) is 8.70. The fourth-order valence-electron chi connectivity index (χ4n) is 1.80. The summed E-state index contributed by atoms with van der Waals surface area (Å²) in [5.41, 5.74) is 7.71. The van der Waals surface area contributed by atoms with Gasteiger partial charge in [-0.2, -0.15) is 5.10 Å². The quantitative estimate of drug-likeness (QED) is 0.881. The molecule has 0 saturated heterocycles. The first-order valence-electron chi connectivity index (χ1n) is 6.17. The number of rotatable bonds is 5. The number of hydrogen-bond donors (Lipinski definition) is 1. The maximum atomic E-state index is 5.84. The van der Waals surface area contributed by atoms with Crippen molar-refractivity contribution in [1.82, 2.24) is 9.78 Å². The van der Waals surface area contributed by atoms with Crippen LogP contribution in [-0.4, -0.2) is 16.3 Å². The second-order valence-corrected chi connectivity index (χ2v) is 4.38. The third-order valence-electron chi connectivity index (χ3n) is 2.85. The lowest BCUT2D eigenvalue weighted by Crippen LogP contribution is -2.08. The van der Waals surface area contributed by atoms with E-state index >= 15 is 0 Å². The molecule has 0 amide bonds. The minimum Gasteiger partial charge on any atom is -0.454 e. The highest BCUT2D eigenvalue weighted by molar-refractivity contribution is 5.34. The molecule has 0 atom stereocenters. The van der Waals surface area contributed by atoms with Gasteiger partial charge in [-0.05, 0) is 44.5 Å². The van der Waals surface area contributed by atoms with Gasteiger partial charge in [0.05, 0.1) is 11.9 Å². The van der Waals surface area contributed by atoms with Gasteiger partial charge in [-0.25, -0.2) is 0 Å². The zero-order valence-electron chi connectivity index (χ0n) is 10.9. The fourth-order valence-corrected chi connectivity index (χ4v) is 1.80. The molecule has 2 N–H and O–H groups in total. The maximum absolute atomic E-state index is 5.84. The summed E-state index contributed by atoms with van der Waals surface area (Å²) < 4.78 is 7.76. The molecular formula is C14H19N3O. The van der Waals surface area contributed by atoms with Gasteiger partial charge in [-0.15, -0.1) is 0 Å². The number of nitrogens with zero attached hydrogens (tertiary/aromatic N) is 2. The van der Waals surface area contributed by atoms with Crippen LogP contribution in [0.1, 0.15) is 17.7 Å². The van der Waals surface area contributed by atoms with E-state index in [-0.39, 0.29) is 0 Å². The Morgan fingerprint density at radius 1 is 1.33 bits per heavy atom. The molecule has 0 aliphatic heterocycles. The van der Waals surface area contributed by atoms with E-state index in [0.717, 1.165) is 30.2 Å². The van der Waals surface area contributed by atoms with Crippen LogP contribution >= 0.6 is 0 Å². The molecule has 4 heteroatoms. The molecule has 0 aliphatic carbocycles. The smallest absolute Gasteiger partial charge is 0.168 e. The Morgan fingerprint density at radius 2 is 2.17 bits per heavy atom. The van der Waals surface area contributed by atoms with E-state index in [1.165, 1.54) is 5.56 Å². The molecule has 0 spiro atoms. The summed E-state index contributed by atoms with van der Waals surface area (Å²) in [6.07, 6.45) is 2.68. The number of ether oxygens (including phenoxy) is 1. The minimum absolute atomic E-state index is 0.674. The van der Waals surface area contributed by atoms with Crippen molar-refractivity contribution in [3.05, 3.63) is 41.7 Å². The Kier molecular flexibility index (Phi) is 3.99. The van der Waals surface area contributed by atoms with Crippen molar-refractivity contribution in [2.24, 2.45) is 5.73 Å². The predicted octanol–water partition coefficient (Wildman–Crippen LogP) is 2.64. The van der Waals surface area contributed by atoms with Crippen LogP contribution in [0.25, 0.3) is 0 Å². The molecular weight excluding hydrogens is 226 g/mol. The second kappa shape index (κ2) is 5.69. The summed E-state index contributed by atoms with van der Waals surface area (Å²) in [6.45, 7) is 5.56. The summed E-state index contributed by atoms with van der Waals surface area (Å²) in [4.78, 5) is 0. The van der Waals surface area contributed by atoms with Crippen LogP contribution in [0, 0.1) is 13.8 Å². The van der Waals surface area contributed by atoms with E-state index < -0.39 is 0 Å². The molecule has 2 aromatic rings. The zero-order chi connectivity index (χ0) is 13.0. The molecule has 1 aromatic heterocycles. The molecule has 0 bridgehead atoms. The van der Waals surface area contributed by atoms with Crippen LogP contribution in [0.4, 0.5) is 0 Å². The summed E-state index contributed by atoms with van der Waals surface area (Å²) in [7, 11) is 0. The largest absolute Gasteiger partial charge is 0.454 e. The average Bonchev–Trinajstić information content (AvgIpc) is 2.69. The van der Waals surface area contributed by atoms with Crippen LogP contribution in [-0.2, 0) is 6.54 Å². The molecule has 2 rings (SSSR count). The second-order valence-electron chi connectivity index (χ2n) is 4.38. The Hall–Kier alpha value is -1.81. The monoisotopic (exact) mass is 245 g/mol. The lowest BCUT2D eigenvalue weighted by Gasteiger charge is -2.06. The van der Waals surface area contributed by atoms with E-state index in [1.807, 2.05) is 42.8 Å². The van der Waals surface area contributed by atoms with Gasteiger partial charge in [-0.1, -0.05) is 12.1 Å². The van der Waals surface area contributed by atoms with Crippen molar-refractivity contribution in [3.63, 3.8) is 0 Å². The van der Waals surface area contributed by atoms with E-state index in [4.69, 9.17) is 10.5 Å². The molecule has 4 nitrogen and oxygen atoms in total. The van der Waals surface area contributed by atoms with Crippen molar-refractivity contribution in [2.45, 2.75) is 26.8 Å². The van der Waals surface area contributed by atoms with Crippen molar-refractivity contribution in [2.75, 3.05) is 6.54 Å². The minimum atomic E-state index is 0.674. The van der Waals surface area contributed by atoms with Gasteiger partial charge in [0.25, 0.3) is 0 Å². The highest BCUT2D eigenvalue weighted by atomic mass is 16.5. The van der Waals surface area contributed by atoms with Crippen molar-refractivity contribution in [1.29, 1.82) is 0 Å². The first kappa shape index (κ1) is 12.6. The molecule has 0 radical (unpaired) electrons. The van der Waals surface area contributed by atoms with E-state index in [9.17, 15) is 0 Å². The van der Waals surface area contributed by atoms with Crippen LogP contribution in [0.3, 0.4) is 0 Å². The van der Waals surface area contributed by atoms with Gasteiger partial charge in [0.15, 0.2) is 5.75 Å². The van der Waals surface area contributed by atoms with Crippen molar-refractivity contribution >= 4 is 0 Å². The number of hydrogen-bond acceptors (Lipinski definition) is 3. The Bertz CT molecular complexity index is 520. The predicted molar refractivity (Wildman–Crippen MR) is 71.9 cm³/mol. The first-order valence-corrected chi connectivity index (χ1v) is 6.17. The average molecular weight is 245 g/mol. The van der Waals surface area contributed by atoms with Crippen LogP contribution in [0.2, 0.25) is 0 Å². The van der Waals surface area contributed by atoms with E-state index in [0.29, 0.717) is 6.54 Å². The SMILES string of the molecule is Cc1cccc(Oc2cnn(CCCN)c2C)c1. The Morgan fingerprint density at radius 3 is 2.89 bits per heavy atom. The topological polar surface area (TPSA) is 53.1 Å². The summed E-state index contributed by atoms with van der Waals surface area (Å²) >= 11 is 0. The number of nitrogens with two attached hydrogens (primary N) is 1. The summed E-state index contributed by atoms with van der Waals surface area (Å²) in [6, 6.07) is 7.99. The molecule has 0 fully saturated rings. The van der Waals surface area contributed by atoms with Gasteiger partial charge in [-0.3, -0.25) is 4.68 Å². The van der Waals surface area contributed by atoms with Crippen molar-refractivity contribution < 1.29 is 4.74 Å². The molecule has 0 saturated carbocycles. The lowest BCUT2D eigenvalue weighted by atomic mass is 10.2. The van der Waals surface area contributed by atoms with Crippen LogP contribution in [0.15, 0.2) is 30.5 Å². The van der Waals surface area contributed by atoms with Gasteiger partial charge in [0.1, 0.15) is 5.75 Å². The number of aromatic nitrogens is 2. The molecule has 96 valence electrons. The van der Waals surface area contributed by atoms with E-state index in [2.05, 4.69) is 5.10 Å². The van der Waals surface area contributed by atoms with Gasteiger partial charge in [0, 0.05) is 6.54 Å². The Balaban J connectivity index is 2.12. The van der Waals surface area contributed by atoms with Crippen LogP contribution in [0.5, 0.6) is 11.5 Å². The van der Waals surface area contributed by atoms with Gasteiger partial charge < -0.3 is 10.5 Å². The Labute approximate surface area is 107 Å². The van der Waals surface area contributed by atoms with Gasteiger partial charge in [0.2, 0.25) is 0 Å². The third kappa shape index (κ3) is 2.90. The molecule has 1 heterocycles. The highest BCUT2D eigenvalue weighted by Crippen LogP contribution is 2.25. The molecule has 0 aliphatic rings. The molecule has 0 unspecified atom stereocenters. The third-order valence-corrected chi connectivity index (χ3v) is 2.85.